The Morgan fingerprint density at radius 2 is 1.71 bits per heavy atom. The fourth-order valence-corrected chi connectivity index (χ4v) is 5.74. The molecule has 0 spiro atoms. The second kappa shape index (κ2) is 12.1. The van der Waals surface area contributed by atoms with Gasteiger partial charge in [-0.25, -0.2) is 9.59 Å². The molecule has 4 rings (SSSR count). The van der Waals surface area contributed by atoms with E-state index in [4.69, 9.17) is 15.2 Å². The first-order valence-electron chi connectivity index (χ1n) is 13.3. The minimum absolute atomic E-state index is 0. The van der Waals surface area contributed by atoms with Crippen LogP contribution < -0.4 is 40.6 Å². The summed E-state index contributed by atoms with van der Waals surface area (Å²) in [5, 5.41) is 2.73. The number of carbonyl (C=O) groups is 4. The van der Waals surface area contributed by atoms with Crippen molar-refractivity contribution in [2.75, 3.05) is 12.4 Å². The number of ether oxygens (including phenoxy) is 2. The molecule has 2 aliphatic carbocycles. The second-order valence-corrected chi connectivity index (χ2v) is 11.8. The first-order valence-corrected chi connectivity index (χ1v) is 13.3. The first kappa shape index (κ1) is 30.6. The van der Waals surface area contributed by atoms with Crippen LogP contribution in [0.5, 0.6) is 0 Å². The molecule has 1 heterocycles. The van der Waals surface area contributed by atoms with Crippen LogP contribution in [0.25, 0.3) is 0 Å². The Hall–Kier alpha value is -1.94. The fourth-order valence-electron chi connectivity index (χ4n) is 5.74. The summed E-state index contributed by atoms with van der Waals surface area (Å²) in [5.41, 5.74) is 7.42. The number of carbonyl (C=O) groups excluding carboxylic acids is 4. The molecule has 2 amide bonds. The van der Waals surface area contributed by atoms with Gasteiger partial charge in [-0.1, -0.05) is 25.3 Å². The van der Waals surface area contributed by atoms with Crippen LogP contribution in [-0.2, 0) is 25.6 Å². The van der Waals surface area contributed by atoms with E-state index in [0.717, 1.165) is 43.2 Å². The molecule has 3 N–H and O–H groups in total. The average molecular weight is 538 g/mol. The van der Waals surface area contributed by atoms with Crippen LogP contribution in [-0.4, -0.2) is 47.0 Å². The fraction of sp³-hybridized carbons (Fsp3) is 0.643. The molecule has 1 aromatic rings. The van der Waals surface area contributed by atoms with Crippen molar-refractivity contribution in [1.29, 1.82) is 0 Å². The van der Waals surface area contributed by atoms with Crippen LogP contribution in [0, 0.1) is 5.92 Å². The van der Waals surface area contributed by atoms with E-state index in [0.29, 0.717) is 43.5 Å². The van der Waals surface area contributed by atoms with Gasteiger partial charge in [0.2, 0.25) is 0 Å². The Kier molecular flexibility index (Phi) is 9.72. The molecule has 0 bridgehead atoms. The van der Waals surface area contributed by atoms with Gasteiger partial charge in [-0.2, -0.15) is 0 Å². The van der Waals surface area contributed by atoms with E-state index >= 15 is 0 Å². The third kappa shape index (κ3) is 6.79. The molecule has 0 radical (unpaired) electrons. The molecule has 204 valence electrons. The van der Waals surface area contributed by atoms with Gasteiger partial charge in [-0.3, -0.25) is 14.9 Å². The summed E-state index contributed by atoms with van der Waals surface area (Å²) >= 11 is 0. The molecule has 0 atom stereocenters. The maximum atomic E-state index is 13.0. The quantitative estimate of drug-likeness (QED) is 0.340. The molecular weight excluding hydrogens is 497 g/mol. The molecule has 0 unspecified atom stereocenters. The molecular formula is C28H40N3NaO6. The Balaban J connectivity index is 0.00000267. The summed E-state index contributed by atoms with van der Waals surface area (Å²) in [6.07, 6.45) is 6.05. The van der Waals surface area contributed by atoms with Crippen molar-refractivity contribution in [2.45, 2.75) is 102 Å². The number of esters is 2. The van der Waals surface area contributed by atoms with Crippen molar-refractivity contribution in [3.63, 3.8) is 0 Å². The molecule has 2 saturated carbocycles. The third-order valence-corrected chi connectivity index (χ3v) is 7.80. The maximum Gasteiger partial charge on any atom is 1.00 e. The minimum atomic E-state index is -1.19. The average Bonchev–Trinajstić information content (AvgIpc) is 3.14. The van der Waals surface area contributed by atoms with E-state index < -0.39 is 29.2 Å². The van der Waals surface area contributed by atoms with Crippen molar-refractivity contribution in [1.82, 2.24) is 4.90 Å². The van der Waals surface area contributed by atoms with Gasteiger partial charge in [0.15, 0.2) is 0 Å². The number of fused-ring (bicyclic) bond motifs is 1. The topological polar surface area (TPSA) is 128 Å². The van der Waals surface area contributed by atoms with Gasteiger partial charge in [0.25, 0.3) is 5.91 Å². The Morgan fingerprint density at radius 1 is 1.08 bits per heavy atom. The van der Waals surface area contributed by atoms with Gasteiger partial charge in [-0.05, 0) is 82.4 Å². The summed E-state index contributed by atoms with van der Waals surface area (Å²) in [6.45, 7) is 5.78. The van der Waals surface area contributed by atoms with E-state index in [1.165, 1.54) is 0 Å². The van der Waals surface area contributed by atoms with E-state index in [1.54, 1.807) is 38.8 Å². The smallest absolute Gasteiger partial charge is 1.00 e. The number of amides is 2. The minimum Gasteiger partial charge on any atom is -1.00 e. The van der Waals surface area contributed by atoms with Gasteiger partial charge < -0.3 is 21.5 Å². The van der Waals surface area contributed by atoms with Crippen molar-refractivity contribution in [3.05, 3.63) is 28.8 Å². The molecule has 0 saturated heterocycles. The maximum absolute atomic E-state index is 13.0. The summed E-state index contributed by atoms with van der Waals surface area (Å²) in [4.78, 5) is 52.3. The number of nitrogens with zero attached hydrogens (tertiary/aromatic N) is 1. The van der Waals surface area contributed by atoms with Crippen molar-refractivity contribution >= 4 is 29.6 Å². The number of benzene rings is 1. The van der Waals surface area contributed by atoms with Crippen LogP contribution in [0.1, 0.15) is 107 Å². The Morgan fingerprint density at radius 3 is 2.32 bits per heavy atom. The normalized spacial score (nSPS) is 23.8. The Bertz CT molecular complexity index is 1090. The van der Waals surface area contributed by atoms with Crippen LogP contribution >= 0.6 is 0 Å². The predicted octanol–water partition coefficient (Wildman–Crippen LogP) is 1.74. The zero-order valence-corrected chi connectivity index (χ0v) is 25.4. The van der Waals surface area contributed by atoms with Gasteiger partial charge in [0, 0.05) is 13.6 Å². The molecule has 1 aromatic carbocycles. The summed E-state index contributed by atoms with van der Waals surface area (Å²) in [7, 11) is 1.73. The van der Waals surface area contributed by atoms with E-state index in [-0.39, 0.29) is 48.7 Å². The molecule has 10 heteroatoms. The summed E-state index contributed by atoms with van der Waals surface area (Å²) in [6, 6.07) is 3.69. The number of nitrogens with two attached hydrogens (primary N) is 1. The molecule has 38 heavy (non-hydrogen) atoms. The standard InChI is InChI=1S/C28H39N3O6.Na.H/c1-27(2,3)37-26(35)30-21-11-10-19(20-16-31(4)23(32)22(20)21)17-12-14-28(29,15-13-17)25(34)36-24(33)18-8-6-5-7-9-18;;/h10-11,17-18H,5-9,12-16,29H2,1-4H3,(H,30,35);;/q;+1;-1. The first-order chi connectivity index (χ1) is 17.4. The summed E-state index contributed by atoms with van der Waals surface area (Å²) < 4.78 is 10.6. The number of hydrogen-bond donors (Lipinski definition) is 2. The van der Waals surface area contributed by atoms with Crippen molar-refractivity contribution in [2.24, 2.45) is 11.7 Å². The second-order valence-electron chi connectivity index (χ2n) is 11.8. The SMILES string of the molecule is CN1Cc2c(C3CCC(N)(C(=O)OC(=O)C4CCCCC4)CC3)ccc(NC(=O)OC(C)(C)C)c2C1=O.[H-].[Na+]. The number of hydrogen-bond acceptors (Lipinski definition) is 7. The number of nitrogens with one attached hydrogen (secondary N) is 1. The van der Waals surface area contributed by atoms with Crippen LogP contribution in [0.4, 0.5) is 10.5 Å². The van der Waals surface area contributed by atoms with Crippen LogP contribution in [0.2, 0.25) is 0 Å². The van der Waals surface area contributed by atoms with Crippen LogP contribution in [0.3, 0.4) is 0 Å². The molecule has 1 aliphatic heterocycles. The largest absolute Gasteiger partial charge is 1.00 e. The van der Waals surface area contributed by atoms with Gasteiger partial charge in [-0.15, -0.1) is 0 Å². The summed E-state index contributed by atoms with van der Waals surface area (Å²) in [5.74, 6) is -1.33. The van der Waals surface area contributed by atoms with Gasteiger partial charge in [0.1, 0.15) is 11.1 Å². The van der Waals surface area contributed by atoms with Gasteiger partial charge >= 0.3 is 47.6 Å². The monoisotopic (exact) mass is 537 g/mol. The number of rotatable bonds is 4. The third-order valence-electron chi connectivity index (χ3n) is 7.80. The van der Waals surface area contributed by atoms with Crippen molar-refractivity contribution < 1.29 is 59.6 Å². The van der Waals surface area contributed by atoms with Crippen LogP contribution in [0.15, 0.2) is 12.1 Å². The predicted molar refractivity (Wildman–Crippen MR) is 139 cm³/mol. The molecule has 2 fully saturated rings. The zero-order valence-electron chi connectivity index (χ0n) is 24.4. The molecule has 9 nitrogen and oxygen atoms in total. The van der Waals surface area contributed by atoms with E-state index in [9.17, 15) is 19.2 Å². The van der Waals surface area contributed by atoms with Gasteiger partial charge in [0.05, 0.1) is 17.2 Å². The van der Waals surface area contributed by atoms with E-state index in [1.807, 2.05) is 6.07 Å². The van der Waals surface area contributed by atoms with E-state index in [2.05, 4.69) is 5.32 Å². The molecule has 0 aromatic heterocycles. The number of anilines is 1. The molecule has 3 aliphatic rings. The van der Waals surface area contributed by atoms with Crippen molar-refractivity contribution in [3.8, 4) is 0 Å². The Labute approximate surface area is 248 Å². The zero-order chi connectivity index (χ0) is 27.0.